The average molecular weight is 733 g/mol. The van der Waals surface area contributed by atoms with Crippen molar-refractivity contribution in [2.75, 3.05) is 13.2 Å². The van der Waals surface area contributed by atoms with Crippen molar-refractivity contribution >= 4 is 19.8 Å². The van der Waals surface area contributed by atoms with Gasteiger partial charge in [-0.1, -0.05) is 195 Å². The Balaban J connectivity index is 3.87. The molecule has 0 aliphatic heterocycles. The van der Waals surface area contributed by atoms with Crippen molar-refractivity contribution < 1.29 is 37.9 Å². The number of phosphoric ester groups is 1. The maximum absolute atomic E-state index is 12.4. The van der Waals surface area contributed by atoms with Gasteiger partial charge in [-0.25, -0.2) is 4.57 Å². The molecular weight excluding hydrogens is 651 g/mol. The number of carbonyl (C=O) groups excluding carboxylic acids is 2. The largest absolute Gasteiger partial charge is 0.469 e. The highest BCUT2D eigenvalue weighted by Gasteiger charge is 2.23. The van der Waals surface area contributed by atoms with Gasteiger partial charge < -0.3 is 19.3 Å². The van der Waals surface area contributed by atoms with Crippen LogP contribution in [0.4, 0.5) is 0 Å². The summed E-state index contributed by atoms with van der Waals surface area (Å²) in [5.74, 6) is 0.781. The number of hydrogen-bond acceptors (Lipinski definition) is 6. The summed E-state index contributed by atoms with van der Waals surface area (Å²) in [5, 5.41) is 0. The molecule has 0 spiro atoms. The fraction of sp³-hybridized carbons (Fsp3) is 0.951. The number of esters is 2. The summed E-state index contributed by atoms with van der Waals surface area (Å²) < 4.78 is 26.4. The van der Waals surface area contributed by atoms with E-state index in [-0.39, 0.29) is 19.4 Å². The number of phosphoric acid groups is 1. The Kier molecular flexibility index (Phi) is 34.4. The Morgan fingerprint density at radius 1 is 0.460 bits per heavy atom. The lowest BCUT2D eigenvalue weighted by Gasteiger charge is -2.18. The molecule has 2 N–H and O–H groups in total. The second-order valence-electron chi connectivity index (χ2n) is 15.6. The first-order chi connectivity index (χ1) is 24.0. The molecule has 0 radical (unpaired) electrons. The monoisotopic (exact) mass is 733 g/mol. The molecule has 50 heavy (non-hydrogen) atoms. The smallest absolute Gasteiger partial charge is 0.462 e. The number of hydrogen-bond donors (Lipinski definition) is 2. The van der Waals surface area contributed by atoms with Crippen LogP contribution in [0.5, 0.6) is 0 Å². The van der Waals surface area contributed by atoms with Gasteiger partial charge in [-0.3, -0.25) is 14.1 Å². The molecule has 1 atom stereocenters. The zero-order chi connectivity index (χ0) is 37.1. The standard InChI is InChI=1S/C41H81O8P/c1-37(2)31-27-23-19-15-11-7-5-9-13-17-21-25-29-33-40(42)47-35-39(36-48-50(44,45)46)49-41(43)34-30-26-22-18-14-10-6-8-12-16-20-24-28-32-38(3)4/h37-39H,5-36H2,1-4H3,(H2,44,45,46)/t39-/m1/s1. The Morgan fingerprint density at radius 2 is 0.760 bits per heavy atom. The van der Waals surface area contributed by atoms with Crippen molar-refractivity contribution in [3.05, 3.63) is 0 Å². The summed E-state index contributed by atoms with van der Waals surface area (Å²) in [6.07, 6.45) is 34.0. The average Bonchev–Trinajstić information content (AvgIpc) is 3.05. The lowest BCUT2D eigenvalue weighted by atomic mass is 10.0. The molecule has 0 aliphatic rings. The minimum atomic E-state index is -4.75. The first-order valence-electron chi connectivity index (χ1n) is 21.0. The predicted molar refractivity (Wildman–Crippen MR) is 207 cm³/mol. The summed E-state index contributed by atoms with van der Waals surface area (Å²) in [6.45, 7) is 8.39. The van der Waals surface area contributed by atoms with Crippen molar-refractivity contribution in [3.63, 3.8) is 0 Å². The van der Waals surface area contributed by atoms with Crippen LogP contribution in [0.1, 0.15) is 220 Å². The quantitative estimate of drug-likeness (QED) is 0.0366. The van der Waals surface area contributed by atoms with Gasteiger partial charge >= 0.3 is 19.8 Å². The van der Waals surface area contributed by atoms with Crippen LogP contribution in [-0.4, -0.2) is 41.0 Å². The van der Waals surface area contributed by atoms with Crippen molar-refractivity contribution in [2.24, 2.45) is 11.8 Å². The minimum Gasteiger partial charge on any atom is -0.462 e. The SMILES string of the molecule is CC(C)CCCCCCCCCCCCCCCC(=O)OC[C@H](COP(=O)(O)O)OC(=O)CCCCCCCCCCCCCCCC(C)C. The minimum absolute atomic E-state index is 0.218. The first-order valence-corrected chi connectivity index (χ1v) is 22.6. The Morgan fingerprint density at radius 3 is 1.08 bits per heavy atom. The third kappa shape index (κ3) is 39.8. The molecule has 0 rings (SSSR count). The number of rotatable bonds is 38. The van der Waals surface area contributed by atoms with Gasteiger partial charge in [0.1, 0.15) is 6.61 Å². The highest BCUT2D eigenvalue weighted by Crippen LogP contribution is 2.36. The summed E-state index contributed by atoms with van der Waals surface area (Å²) in [6, 6.07) is 0. The zero-order valence-corrected chi connectivity index (χ0v) is 34.0. The molecule has 0 amide bonds. The molecule has 0 fully saturated rings. The van der Waals surface area contributed by atoms with Crippen molar-refractivity contribution in [3.8, 4) is 0 Å². The van der Waals surface area contributed by atoms with E-state index in [1.54, 1.807) is 0 Å². The van der Waals surface area contributed by atoms with Crippen molar-refractivity contribution in [1.29, 1.82) is 0 Å². The van der Waals surface area contributed by atoms with E-state index in [0.29, 0.717) is 6.42 Å². The molecule has 0 aliphatic carbocycles. The molecule has 9 heteroatoms. The molecule has 0 aromatic rings. The highest BCUT2D eigenvalue weighted by molar-refractivity contribution is 7.46. The molecular formula is C41H81O8P. The van der Waals surface area contributed by atoms with Crippen molar-refractivity contribution in [2.45, 2.75) is 226 Å². The molecule has 0 aromatic heterocycles. The molecule has 0 bridgehead atoms. The third-order valence-corrected chi connectivity index (χ3v) is 9.97. The summed E-state index contributed by atoms with van der Waals surface area (Å²) in [5.41, 5.74) is 0. The molecule has 0 aromatic carbocycles. The topological polar surface area (TPSA) is 119 Å². The highest BCUT2D eigenvalue weighted by atomic mass is 31.2. The maximum Gasteiger partial charge on any atom is 0.469 e. The van der Waals surface area contributed by atoms with Gasteiger partial charge in [0.25, 0.3) is 0 Å². The number of unbranched alkanes of at least 4 members (excludes halogenated alkanes) is 24. The summed E-state index contributed by atoms with van der Waals surface area (Å²) in [4.78, 5) is 42.8. The lowest BCUT2D eigenvalue weighted by Crippen LogP contribution is -2.29. The molecule has 298 valence electrons. The van der Waals surface area contributed by atoms with E-state index in [1.807, 2.05) is 0 Å². The van der Waals surface area contributed by atoms with E-state index in [1.165, 1.54) is 135 Å². The number of ether oxygens (including phenoxy) is 2. The lowest BCUT2D eigenvalue weighted by molar-refractivity contribution is -0.161. The van der Waals surface area contributed by atoms with Crippen LogP contribution < -0.4 is 0 Å². The second kappa shape index (κ2) is 35.1. The van der Waals surface area contributed by atoms with Crippen molar-refractivity contribution in [1.82, 2.24) is 0 Å². The van der Waals surface area contributed by atoms with Crippen LogP contribution in [0.2, 0.25) is 0 Å². The van der Waals surface area contributed by atoms with Crippen LogP contribution in [0, 0.1) is 11.8 Å². The Bertz CT molecular complexity index is 812. The number of carbonyl (C=O) groups is 2. The van der Waals surface area contributed by atoms with E-state index in [9.17, 15) is 14.2 Å². The van der Waals surface area contributed by atoms with Gasteiger partial charge in [-0.2, -0.15) is 0 Å². The fourth-order valence-electron chi connectivity index (χ4n) is 6.33. The van der Waals surface area contributed by atoms with E-state index in [0.717, 1.165) is 50.4 Å². The van der Waals surface area contributed by atoms with Gasteiger partial charge in [0.15, 0.2) is 6.10 Å². The normalized spacial score (nSPS) is 12.6. The van der Waals surface area contributed by atoms with E-state index in [4.69, 9.17) is 19.3 Å². The summed E-state index contributed by atoms with van der Waals surface area (Å²) >= 11 is 0. The Labute approximate surface area is 308 Å². The summed E-state index contributed by atoms with van der Waals surface area (Å²) in [7, 11) is -4.75. The van der Waals surface area contributed by atoms with Crippen LogP contribution in [-0.2, 0) is 28.2 Å². The van der Waals surface area contributed by atoms with Gasteiger partial charge in [0.05, 0.1) is 6.61 Å². The van der Waals surface area contributed by atoms with E-state index in [2.05, 4.69) is 32.2 Å². The third-order valence-electron chi connectivity index (χ3n) is 9.48. The van der Waals surface area contributed by atoms with E-state index < -0.39 is 32.5 Å². The van der Waals surface area contributed by atoms with Crippen LogP contribution in [0.15, 0.2) is 0 Å². The maximum atomic E-state index is 12.4. The second-order valence-corrected chi connectivity index (χ2v) is 16.9. The molecule has 0 saturated heterocycles. The fourth-order valence-corrected chi connectivity index (χ4v) is 6.69. The van der Waals surface area contributed by atoms with Gasteiger partial charge in [0.2, 0.25) is 0 Å². The molecule has 0 heterocycles. The predicted octanol–water partition coefficient (Wildman–Crippen LogP) is 12.6. The molecule has 8 nitrogen and oxygen atoms in total. The molecule has 0 unspecified atom stereocenters. The van der Waals surface area contributed by atoms with Gasteiger partial charge in [-0.05, 0) is 24.7 Å². The Hall–Kier alpha value is -0.950. The zero-order valence-electron chi connectivity index (χ0n) is 33.2. The van der Waals surface area contributed by atoms with E-state index >= 15 is 0 Å². The first kappa shape index (κ1) is 49.0. The van der Waals surface area contributed by atoms with Crippen LogP contribution in [0.25, 0.3) is 0 Å². The van der Waals surface area contributed by atoms with Crippen LogP contribution >= 0.6 is 7.82 Å². The molecule has 0 saturated carbocycles. The van der Waals surface area contributed by atoms with Crippen LogP contribution in [0.3, 0.4) is 0 Å². The van der Waals surface area contributed by atoms with Gasteiger partial charge in [0, 0.05) is 12.8 Å². The van der Waals surface area contributed by atoms with Gasteiger partial charge in [-0.15, -0.1) is 0 Å².